The van der Waals surface area contributed by atoms with Crippen LogP contribution in [0.1, 0.15) is 29.5 Å². The van der Waals surface area contributed by atoms with Crippen LogP contribution in [-0.2, 0) is 9.53 Å². The lowest BCUT2D eigenvalue weighted by Crippen LogP contribution is -2.42. The van der Waals surface area contributed by atoms with Crippen molar-refractivity contribution in [3.05, 3.63) is 53.6 Å². The van der Waals surface area contributed by atoms with Gasteiger partial charge in [0, 0.05) is 11.8 Å². The van der Waals surface area contributed by atoms with Gasteiger partial charge in [0.15, 0.2) is 17.7 Å². The molecule has 0 aromatic heterocycles. The molecule has 27 heavy (non-hydrogen) atoms. The molecule has 0 radical (unpaired) electrons. The molecule has 7 nitrogen and oxygen atoms in total. The molecular formula is C20H20N2O5. The summed E-state index contributed by atoms with van der Waals surface area (Å²) in [6.07, 6.45) is -0.0506. The first kappa shape index (κ1) is 16.4. The van der Waals surface area contributed by atoms with Crippen LogP contribution in [0.3, 0.4) is 0 Å². The fraction of sp³-hybridized carbons (Fsp3) is 0.350. The van der Waals surface area contributed by atoms with Gasteiger partial charge < -0.3 is 18.9 Å². The second-order valence-corrected chi connectivity index (χ2v) is 6.95. The van der Waals surface area contributed by atoms with E-state index in [1.165, 1.54) is 0 Å². The van der Waals surface area contributed by atoms with E-state index in [9.17, 15) is 4.79 Å². The Bertz CT molecular complexity index is 869. The highest BCUT2D eigenvalue weighted by atomic mass is 16.7. The van der Waals surface area contributed by atoms with E-state index in [4.69, 9.17) is 18.9 Å². The second kappa shape index (κ2) is 6.44. The molecule has 2 N–H and O–H groups in total. The summed E-state index contributed by atoms with van der Waals surface area (Å²) in [5, 5.41) is 0. The van der Waals surface area contributed by atoms with Gasteiger partial charge in [-0.1, -0.05) is 18.2 Å². The molecule has 4 atom stereocenters. The van der Waals surface area contributed by atoms with Crippen molar-refractivity contribution >= 4 is 5.97 Å². The summed E-state index contributed by atoms with van der Waals surface area (Å²) < 4.78 is 21.7. The van der Waals surface area contributed by atoms with Crippen LogP contribution in [0.5, 0.6) is 17.2 Å². The number of carbonyl (C=O) groups excluding carboxylic acids is 1. The quantitative estimate of drug-likeness (QED) is 0.805. The Morgan fingerprint density at radius 2 is 1.78 bits per heavy atom. The van der Waals surface area contributed by atoms with Crippen LogP contribution >= 0.6 is 0 Å². The molecule has 3 heterocycles. The fourth-order valence-corrected chi connectivity index (χ4v) is 4.20. The van der Waals surface area contributed by atoms with Crippen LogP contribution in [0.25, 0.3) is 0 Å². The molecule has 140 valence electrons. The van der Waals surface area contributed by atoms with Crippen LogP contribution in [0.2, 0.25) is 0 Å². The van der Waals surface area contributed by atoms with Crippen molar-refractivity contribution in [1.82, 2.24) is 10.9 Å². The van der Waals surface area contributed by atoms with Crippen molar-refractivity contribution < 1.29 is 23.7 Å². The van der Waals surface area contributed by atoms with E-state index >= 15 is 0 Å². The molecule has 2 aromatic carbocycles. The van der Waals surface area contributed by atoms with E-state index in [1.54, 1.807) is 7.11 Å². The monoisotopic (exact) mass is 368 g/mol. The van der Waals surface area contributed by atoms with Gasteiger partial charge in [0.2, 0.25) is 6.79 Å². The Balaban J connectivity index is 1.50. The molecule has 2 fully saturated rings. The highest BCUT2D eigenvalue weighted by molar-refractivity contribution is 5.72. The first-order chi connectivity index (χ1) is 13.2. The first-order valence-electron chi connectivity index (χ1n) is 8.97. The van der Waals surface area contributed by atoms with Gasteiger partial charge in [-0.25, -0.2) is 10.9 Å². The Morgan fingerprint density at radius 1 is 1.00 bits per heavy atom. The number of hydrogen-bond donors (Lipinski definition) is 2. The number of rotatable bonds is 3. The molecule has 7 heteroatoms. The molecule has 0 aliphatic carbocycles. The lowest BCUT2D eigenvalue weighted by Gasteiger charge is -2.35. The Morgan fingerprint density at radius 3 is 2.59 bits per heavy atom. The minimum atomic E-state index is -0.381. The molecule has 2 saturated heterocycles. The lowest BCUT2D eigenvalue weighted by atomic mass is 9.76. The highest BCUT2D eigenvalue weighted by Crippen LogP contribution is 2.46. The Kier molecular flexibility index (Phi) is 3.91. The van der Waals surface area contributed by atoms with E-state index in [0.717, 1.165) is 28.4 Å². The van der Waals surface area contributed by atoms with Gasteiger partial charge in [0.25, 0.3) is 0 Å². The van der Waals surface area contributed by atoms with Crippen LogP contribution in [0, 0.1) is 5.92 Å². The summed E-state index contributed by atoms with van der Waals surface area (Å²) in [6, 6.07) is 13.9. The SMILES string of the molecule is COc1ccc(C2NNC3OC(=O)CC(c4ccc5c(c4)OCO5)C32)cc1. The maximum atomic E-state index is 12.2. The van der Waals surface area contributed by atoms with Crippen LogP contribution in [0.15, 0.2) is 42.5 Å². The zero-order chi connectivity index (χ0) is 18.4. The van der Waals surface area contributed by atoms with E-state index in [2.05, 4.69) is 10.9 Å². The maximum absolute atomic E-state index is 12.2. The standard InChI is InChI=1S/C20H20N2O5/c1-24-13-5-2-11(3-6-13)19-18-14(9-17(23)27-20(18)22-21-19)12-4-7-15-16(8-12)26-10-25-15/h2-8,14,18-22H,9-10H2,1H3. The van der Waals surface area contributed by atoms with Crippen molar-refractivity contribution in [2.75, 3.05) is 13.9 Å². The maximum Gasteiger partial charge on any atom is 0.308 e. The smallest absolute Gasteiger partial charge is 0.308 e. The van der Waals surface area contributed by atoms with Gasteiger partial charge in [-0.3, -0.25) is 4.79 Å². The number of fused-ring (bicyclic) bond motifs is 2. The van der Waals surface area contributed by atoms with Gasteiger partial charge >= 0.3 is 5.97 Å². The molecule has 5 rings (SSSR count). The minimum absolute atomic E-state index is 0.000326. The Hall–Kier alpha value is -2.77. The second-order valence-electron chi connectivity index (χ2n) is 6.95. The number of methoxy groups -OCH3 is 1. The third-order valence-electron chi connectivity index (χ3n) is 5.52. The van der Waals surface area contributed by atoms with Gasteiger partial charge in [0.05, 0.1) is 19.6 Å². The summed E-state index contributed by atoms with van der Waals surface area (Å²) >= 11 is 0. The van der Waals surface area contributed by atoms with Crippen molar-refractivity contribution in [2.24, 2.45) is 5.92 Å². The number of hydrogen-bond acceptors (Lipinski definition) is 7. The third kappa shape index (κ3) is 2.79. The normalized spacial score (nSPS) is 28.6. The zero-order valence-electron chi connectivity index (χ0n) is 14.8. The van der Waals surface area contributed by atoms with Gasteiger partial charge in [-0.05, 0) is 35.4 Å². The summed E-state index contributed by atoms with van der Waals surface area (Å²) in [5.74, 6) is 2.12. The Labute approximate surface area is 156 Å². The topological polar surface area (TPSA) is 78.0 Å². The predicted molar refractivity (Wildman–Crippen MR) is 95.3 cm³/mol. The molecule has 4 unspecified atom stereocenters. The summed E-state index contributed by atoms with van der Waals surface area (Å²) in [7, 11) is 1.65. The molecule has 3 aliphatic heterocycles. The number of esters is 1. The van der Waals surface area contributed by atoms with Crippen LogP contribution < -0.4 is 25.1 Å². The summed E-state index contributed by atoms with van der Waals surface area (Å²) in [4.78, 5) is 12.2. The predicted octanol–water partition coefficient (Wildman–Crippen LogP) is 2.25. The minimum Gasteiger partial charge on any atom is -0.497 e. The van der Waals surface area contributed by atoms with Crippen molar-refractivity contribution in [3.63, 3.8) is 0 Å². The lowest BCUT2D eigenvalue weighted by molar-refractivity contribution is -0.160. The van der Waals surface area contributed by atoms with E-state index in [-0.39, 0.29) is 36.9 Å². The molecule has 0 amide bonds. The number of nitrogens with one attached hydrogen (secondary N) is 2. The molecule has 0 saturated carbocycles. The fourth-order valence-electron chi connectivity index (χ4n) is 4.20. The van der Waals surface area contributed by atoms with Crippen molar-refractivity contribution in [2.45, 2.75) is 24.6 Å². The molecule has 0 spiro atoms. The molecule has 3 aliphatic rings. The van der Waals surface area contributed by atoms with Gasteiger partial charge in [-0.15, -0.1) is 0 Å². The van der Waals surface area contributed by atoms with E-state index in [0.29, 0.717) is 6.42 Å². The third-order valence-corrected chi connectivity index (χ3v) is 5.52. The largest absolute Gasteiger partial charge is 0.497 e. The molecular weight excluding hydrogens is 348 g/mol. The number of benzene rings is 2. The molecule has 0 bridgehead atoms. The zero-order valence-corrected chi connectivity index (χ0v) is 14.8. The highest BCUT2D eigenvalue weighted by Gasteiger charge is 2.48. The van der Waals surface area contributed by atoms with Crippen LogP contribution in [-0.4, -0.2) is 26.1 Å². The summed E-state index contributed by atoms with van der Waals surface area (Å²) in [5.41, 5.74) is 8.60. The van der Waals surface area contributed by atoms with Gasteiger partial charge in [0.1, 0.15) is 5.75 Å². The summed E-state index contributed by atoms with van der Waals surface area (Å²) in [6.45, 7) is 0.231. The van der Waals surface area contributed by atoms with E-state index < -0.39 is 0 Å². The molecule has 2 aromatic rings. The number of carbonyl (C=O) groups is 1. The van der Waals surface area contributed by atoms with Crippen molar-refractivity contribution in [3.8, 4) is 17.2 Å². The average Bonchev–Trinajstić information content (AvgIpc) is 3.33. The van der Waals surface area contributed by atoms with E-state index in [1.807, 2.05) is 42.5 Å². The van der Waals surface area contributed by atoms with Crippen LogP contribution in [0.4, 0.5) is 0 Å². The number of hydrazine groups is 1. The average molecular weight is 368 g/mol. The first-order valence-corrected chi connectivity index (χ1v) is 8.97. The van der Waals surface area contributed by atoms with Crippen molar-refractivity contribution in [1.29, 1.82) is 0 Å². The van der Waals surface area contributed by atoms with Gasteiger partial charge in [-0.2, -0.15) is 0 Å². The number of ether oxygens (including phenoxy) is 4.